The van der Waals surface area contributed by atoms with Gasteiger partial charge in [0, 0.05) is 18.9 Å². The molecule has 0 aliphatic carbocycles. The van der Waals surface area contributed by atoms with Gasteiger partial charge in [0.2, 0.25) is 0 Å². The molecule has 0 aliphatic rings. The van der Waals surface area contributed by atoms with Crippen molar-refractivity contribution in [3.8, 4) is 0 Å². The molecule has 1 aromatic rings. The SMILES string of the molecule is CCOC(=O)C(C)(C)c1csc(CC(C)OC)n1. The Labute approximate surface area is 112 Å². The first-order valence-corrected chi connectivity index (χ1v) is 6.94. The fraction of sp³-hybridized carbons (Fsp3) is 0.692. The maximum Gasteiger partial charge on any atom is 0.317 e. The van der Waals surface area contributed by atoms with E-state index in [0.29, 0.717) is 6.61 Å². The van der Waals surface area contributed by atoms with Crippen LogP contribution in [-0.4, -0.2) is 30.8 Å². The van der Waals surface area contributed by atoms with Crippen molar-refractivity contribution in [1.29, 1.82) is 0 Å². The summed E-state index contributed by atoms with van der Waals surface area (Å²) in [5.74, 6) is -0.235. The number of esters is 1. The number of nitrogens with zero attached hydrogens (tertiary/aromatic N) is 1. The lowest BCUT2D eigenvalue weighted by Crippen LogP contribution is -2.31. The van der Waals surface area contributed by atoms with E-state index < -0.39 is 5.41 Å². The lowest BCUT2D eigenvalue weighted by Gasteiger charge is -2.19. The number of rotatable bonds is 6. The third-order valence-corrected chi connectivity index (χ3v) is 3.71. The number of carbonyl (C=O) groups is 1. The van der Waals surface area contributed by atoms with Gasteiger partial charge in [-0.05, 0) is 27.7 Å². The molecule has 102 valence electrons. The molecule has 18 heavy (non-hydrogen) atoms. The summed E-state index contributed by atoms with van der Waals surface area (Å²) in [5.41, 5.74) is 0.0744. The Morgan fingerprint density at radius 2 is 2.22 bits per heavy atom. The van der Waals surface area contributed by atoms with Gasteiger partial charge in [0.15, 0.2) is 0 Å². The summed E-state index contributed by atoms with van der Waals surface area (Å²) in [5, 5.41) is 2.91. The quantitative estimate of drug-likeness (QED) is 0.746. The largest absolute Gasteiger partial charge is 0.465 e. The number of carbonyl (C=O) groups excluding carboxylic acids is 1. The Kier molecular flexibility index (Phi) is 5.28. The second-order valence-electron chi connectivity index (χ2n) is 4.72. The summed E-state index contributed by atoms with van der Waals surface area (Å²) < 4.78 is 10.3. The smallest absolute Gasteiger partial charge is 0.317 e. The van der Waals surface area contributed by atoms with Crippen molar-refractivity contribution in [3.63, 3.8) is 0 Å². The van der Waals surface area contributed by atoms with E-state index in [1.807, 2.05) is 26.2 Å². The highest BCUT2D eigenvalue weighted by molar-refractivity contribution is 7.09. The van der Waals surface area contributed by atoms with Crippen LogP contribution in [-0.2, 0) is 26.1 Å². The molecule has 5 heteroatoms. The second-order valence-corrected chi connectivity index (χ2v) is 5.67. The lowest BCUT2D eigenvalue weighted by atomic mass is 9.90. The molecule has 0 spiro atoms. The molecule has 1 unspecified atom stereocenters. The maximum absolute atomic E-state index is 11.9. The van der Waals surface area contributed by atoms with Crippen LogP contribution in [0.4, 0.5) is 0 Å². The molecule has 0 fully saturated rings. The van der Waals surface area contributed by atoms with Gasteiger partial charge in [0.05, 0.1) is 23.4 Å². The van der Waals surface area contributed by atoms with Crippen LogP contribution in [0, 0.1) is 0 Å². The van der Waals surface area contributed by atoms with Crippen molar-refractivity contribution in [2.45, 2.75) is 45.6 Å². The van der Waals surface area contributed by atoms with E-state index in [9.17, 15) is 4.79 Å². The fourth-order valence-corrected chi connectivity index (χ4v) is 2.51. The minimum absolute atomic E-state index is 0.134. The third-order valence-electron chi connectivity index (χ3n) is 2.84. The molecule has 1 rings (SSSR count). The number of hydrogen-bond acceptors (Lipinski definition) is 5. The van der Waals surface area contributed by atoms with Crippen molar-refractivity contribution in [1.82, 2.24) is 4.98 Å². The van der Waals surface area contributed by atoms with Crippen LogP contribution in [0.5, 0.6) is 0 Å². The van der Waals surface area contributed by atoms with E-state index in [1.165, 1.54) is 0 Å². The van der Waals surface area contributed by atoms with Crippen LogP contribution in [0.1, 0.15) is 38.4 Å². The summed E-state index contributed by atoms with van der Waals surface area (Å²) in [6, 6.07) is 0. The standard InChI is InChI=1S/C13H21NO3S/c1-6-17-12(15)13(3,4)10-8-18-11(14-10)7-9(2)16-5/h8-9H,6-7H2,1-5H3. The van der Waals surface area contributed by atoms with E-state index in [4.69, 9.17) is 9.47 Å². The van der Waals surface area contributed by atoms with Crippen molar-refractivity contribution >= 4 is 17.3 Å². The van der Waals surface area contributed by atoms with Crippen LogP contribution < -0.4 is 0 Å². The highest BCUT2D eigenvalue weighted by Crippen LogP contribution is 2.27. The van der Waals surface area contributed by atoms with Crippen molar-refractivity contribution in [2.24, 2.45) is 0 Å². The minimum Gasteiger partial charge on any atom is -0.465 e. The van der Waals surface area contributed by atoms with E-state index >= 15 is 0 Å². The molecule has 0 aromatic carbocycles. The summed E-state index contributed by atoms with van der Waals surface area (Å²) in [6.07, 6.45) is 0.898. The van der Waals surface area contributed by atoms with Crippen molar-refractivity contribution in [3.05, 3.63) is 16.1 Å². The zero-order valence-corrected chi connectivity index (χ0v) is 12.5. The third kappa shape index (κ3) is 3.53. The predicted octanol–water partition coefficient (Wildman–Crippen LogP) is 2.56. The zero-order chi connectivity index (χ0) is 13.8. The Hall–Kier alpha value is -0.940. The van der Waals surface area contributed by atoms with Crippen LogP contribution in [0.2, 0.25) is 0 Å². The molecular weight excluding hydrogens is 250 g/mol. The first-order valence-electron chi connectivity index (χ1n) is 6.06. The first-order chi connectivity index (χ1) is 8.41. The van der Waals surface area contributed by atoms with Crippen molar-refractivity contribution in [2.75, 3.05) is 13.7 Å². The first kappa shape index (κ1) is 15.1. The molecule has 0 N–H and O–H groups in total. The fourth-order valence-electron chi connectivity index (χ4n) is 1.44. The van der Waals surface area contributed by atoms with Gasteiger partial charge >= 0.3 is 5.97 Å². The molecular formula is C13H21NO3S. The minimum atomic E-state index is -0.693. The molecule has 4 nitrogen and oxygen atoms in total. The van der Waals surface area contributed by atoms with Gasteiger partial charge in [-0.15, -0.1) is 11.3 Å². The summed E-state index contributed by atoms with van der Waals surface area (Å²) in [7, 11) is 1.68. The van der Waals surface area contributed by atoms with Gasteiger partial charge in [0.25, 0.3) is 0 Å². The molecule has 0 radical (unpaired) electrons. The number of hydrogen-bond donors (Lipinski definition) is 0. The Morgan fingerprint density at radius 3 is 2.78 bits per heavy atom. The van der Waals surface area contributed by atoms with Crippen LogP contribution in [0.25, 0.3) is 0 Å². The normalized spacial score (nSPS) is 13.4. The molecule has 0 bridgehead atoms. The Bertz CT molecular complexity index is 401. The lowest BCUT2D eigenvalue weighted by molar-refractivity contribution is -0.148. The Balaban J connectivity index is 2.81. The maximum atomic E-state index is 11.9. The van der Waals surface area contributed by atoms with Crippen LogP contribution >= 0.6 is 11.3 Å². The molecule has 0 saturated heterocycles. The zero-order valence-electron chi connectivity index (χ0n) is 11.6. The molecule has 1 atom stereocenters. The molecule has 0 amide bonds. The van der Waals surface area contributed by atoms with E-state index in [-0.39, 0.29) is 12.1 Å². The highest BCUT2D eigenvalue weighted by atomic mass is 32.1. The monoisotopic (exact) mass is 271 g/mol. The van der Waals surface area contributed by atoms with Gasteiger partial charge < -0.3 is 9.47 Å². The second kappa shape index (κ2) is 6.29. The van der Waals surface area contributed by atoms with E-state index in [2.05, 4.69) is 4.98 Å². The molecule has 0 saturated carbocycles. The van der Waals surface area contributed by atoms with Gasteiger partial charge in [-0.25, -0.2) is 4.98 Å². The number of thiazole rings is 1. The predicted molar refractivity (Wildman–Crippen MR) is 71.9 cm³/mol. The van der Waals surface area contributed by atoms with Gasteiger partial charge in [-0.1, -0.05) is 0 Å². The van der Waals surface area contributed by atoms with Crippen LogP contribution in [0.3, 0.4) is 0 Å². The van der Waals surface area contributed by atoms with Crippen LogP contribution in [0.15, 0.2) is 5.38 Å². The number of aromatic nitrogens is 1. The van der Waals surface area contributed by atoms with Gasteiger partial charge in [-0.2, -0.15) is 0 Å². The summed E-state index contributed by atoms with van der Waals surface area (Å²) in [4.78, 5) is 16.4. The van der Waals surface area contributed by atoms with Crippen molar-refractivity contribution < 1.29 is 14.3 Å². The molecule has 1 aromatic heterocycles. The van der Waals surface area contributed by atoms with Gasteiger partial charge in [-0.3, -0.25) is 4.79 Å². The average molecular weight is 271 g/mol. The topological polar surface area (TPSA) is 48.4 Å². The summed E-state index contributed by atoms with van der Waals surface area (Å²) >= 11 is 1.56. The number of ether oxygens (including phenoxy) is 2. The van der Waals surface area contributed by atoms with E-state index in [1.54, 1.807) is 25.4 Å². The van der Waals surface area contributed by atoms with Gasteiger partial charge in [0.1, 0.15) is 5.41 Å². The average Bonchev–Trinajstić information content (AvgIpc) is 2.78. The number of methoxy groups -OCH3 is 1. The Morgan fingerprint density at radius 1 is 1.56 bits per heavy atom. The summed E-state index contributed by atoms with van der Waals surface area (Å²) in [6.45, 7) is 7.87. The highest BCUT2D eigenvalue weighted by Gasteiger charge is 2.33. The van der Waals surface area contributed by atoms with E-state index in [0.717, 1.165) is 17.1 Å². The molecule has 0 aliphatic heterocycles. The molecule has 1 heterocycles.